The molecule has 1 aromatic carbocycles. The minimum atomic E-state index is -0.302. The molecular formula is C13H15FN4O. The van der Waals surface area contributed by atoms with Crippen LogP contribution in [0.3, 0.4) is 0 Å². The summed E-state index contributed by atoms with van der Waals surface area (Å²) in [6.07, 6.45) is 1.64. The topological polar surface area (TPSA) is 59.0 Å². The van der Waals surface area contributed by atoms with Crippen LogP contribution in [0, 0.1) is 5.82 Å². The molecule has 2 N–H and O–H groups in total. The van der Waals surface area contributed by atoms with Crippen LogP contribution in [0.1, 0.15) is 16.1 Å². The smallest absolute Gasteiger partial charge is 0.271 e. The monoisotopic (exact) mass is 262 g/mol. The van der Waals surface area contributed by atoms with Gasteiger partial charge in [-0.2, -0.15) is 5.10 Å². The second-order valence-electron chi connectivity index (χ2n) is 3.99. The van der Waals surface area contributed by atoms with Crippen LogP contribution in [0.25, 0.3) is 5.69 Å². The van der Waals surface area contributed by atoms with Crippen LogP contribution in [-0.2, 0) is 6.54 Å². The van der Waals surface area contributed by atoms with E-state index in [4.69, 9.17) is 0 Å². The predicted octanol–water partition coefficient (Wildman–Crippen LogP) is 1.09. The van der Waals surface area contributed by atoms with Crippen molar-refractivity contribution in [2.75, 3.05) is 14.1 Å². The SMILES string of the molecule is CNCc1c(F)cccc1-n1ccc(C(=O)NC)n1. The predicted molar refractivity (Wildman–Crippen MR) is 69.7 cm³/mol. The standard InChI is InChI=1S/C13H15FN4O/c1-15-8-9-10(14)4-3-5-12(9)18-7-6-11(17-18)13(19)16-2/h3-7,15H,8H2,1-2H3,(H,16,19). The molecular weight excluding hydrogens is 247 g/mol. The average molecular weight is 262 g/mol. The maximum atomic E-state index is 13.8. The van der Waals surface area contributed by atoms with Gasteiger partial charge in [-0.05, 0) is 25.2 Å². The molecule has 0 spiro atoms. The van der Waals surface area contributed by atoms with Crippen molar-refractivity contribution in [2.24, 2.45) is 0 Å². The lowest BCUT2D eigenvalue weighted by Gasteiger charge is -2.10. The number of nitrogens with zero attached hydrogens (tertiary/aromatic N) is 2. The van der Waals surface area contributed by atoms with Crippen LogP contribution in [0.2, 0.25) is 0 Å². The molecule has 1 heterocycles. The average Bonchev–Trinajstić information content (AvgIpc) is 2.90. The Balaban J connectivity index is 2.44. The molecule has 5 nitrogen and oxygen atoms in total. The first-order chi connectivity index (χ1) is 9.17. The van der Waals surface area contributed by atoms with Crippen molar-refractivity contribution < 1.29 is 9.18 Å². The van der Waals surface area contributed by atoms with Crippen molar-refractivity contribution in [3.63, 3.8) is 0 Å². The summed E-state index contributed by atoms with van der Waals surface area (Å²) in [5.74, 6) is -0.575. The maximum absolute atomic E-state index is 13.8. The fraction of sp³-hybridized carbons (Fsp3) is 0.231. The Hall–Kier alpha value is -2.21. The first-order valence-corrected chi connectivity index (χ1v) is 5.87. The molecule has 1 amide bonds. The van der Waals surface area contributed by atoms with E-state index in [1.54, 1.807) is 31.4 Å². The van der Waals surface area contributed by atoms with Crippen molar-refractivity contribution in [3.8, 4) is 5.69 Å². The lowest BCUT2D eigenvalue weighted by atomic mass is 10.1. The van der Waals surface area contributed by atoms with Gasteiger partial charge < -0.3 is 10.6 Å². The van der Waals surface area contributed by atoms with E-state index in [0.29, 0.717) is 23.5 Å². The first-order valence-electron chi connectivity index (χ1n) is 5.87. The third kappa shape index (κ3) is 2.63. The van der Waals surface area contributed by atoms with Crippen molar-refractivity contribution in [1.82, 2.24) is 20.4 Å². The van der Waals surface area contributed by atoms with Gasteiger partial charge in [0.15, 0.2) is 5.69 Å². The lowest BCUT2D eigenvalue weighted by molar-refractivity contribution is 0.0957. The summed E-state index contributed by atoms with van der Waals surface area (Å²) in [7, 11) is 3.28. The molecule has 2 rings (SSSR count). The van der Waals surface area contributed by atoms with Crippen molar-refractivity contribution >= 4 is 5.91 Å². The van der Waals surface area contributed by atoms with E-state index >= 15 is 0 Å². The lowest BCUT2D eigenvalue weighted by Crippen LogP contribution is -2.19. The number of rotatable bonds is 4. The number of benzene rings is 1. The Kier molecular flexibility index (Phi) is 3.91. The van der Waals surface area contributed by atoms with Crippen LogP contribution in [0.5, 0.6) is 0 Å². The number of aromatic nitrogens is 2. The van der Waals surface area contributed by atoms with E-state index in [2.05, 4.69) is 15.7 Å². The van der Waals surface area contributed by atoms with E-state index < -0.39 is 0 Å². The fourth-order valence-corrected chi connectivity index (χ4v) is 1.82. The van der Waals surface area contributed by atoms with Gasteiger partial charge >= 0.3 is 0 Å². The molecule has 0 unspecified atom stereocenters. The van der Waals surface area contributed by atoms with Crippen LogP contribution >= 0.6 is 0 Å². The zero-order valence-corrected chi connectivity index (χ0v) is 10.8. The molecule has 0 aliphatic carbocycles. The Morgan fingerprint density at radius 2 is 2.16 bits per heavy atom. The number of carbonyl (C=O) groups excluding carboxylic acids is 1. The molecule has 19 heavy (non-hydrogen) atoms. The Morgan fingerprint density at radius 1 is 1.37 bits per heavy atom. The zero-order valence-electron chi connectivity index (χ0n) is 10.8. The van der Waals surface area contributed by atoms with Gasteiger partial charge in [0.05, 0.1) is 5.69 Å². The summed E-state index contributed by atoms with van der Waals surface area (Å²) < 4.78 is 15.3. The van der Waals surface area contributed by atoms with Crippen molar-refractivity contribution in [1.29, 1.82) is 0 Å². The van der Waals surface area contributed by atoms with Gasteiger partial charge in [0.1, 0.15) is 5.82 Å². The van der Waals surface area contributed by atoms with E-state index in [9.17, 15) is 9.18 Å². The normalized spacial score (nSPS) is 10.5. The van der Waals surface area contributed by atoms with E-state index in [-0.39, 0.29) is 11.7 Å². The molecule has 6 heteroatoms. The molecule has 0 atom stereocenters. The third-order valence-corrected chi connectivity index (χ3v) is 2.74. The molecule has 0 fully saturated rings. The van der Waals surface area contributed by atoms with Gasteiger partial charge in [0, 0.05) is 25.4 Å². The number of halogens is 1. The van der Waals surface area contributed by atoms with Gasteiger partial charge in [-0.3, -0.25) is 4.79 Å². The summed E-state index contributed by atoms with van der Waals surface area (Å²) in [5.41, 5.74) is 1.42. The van der Waals surface area contributed by atoms with Gasteiger partial charge in [0.2, 0.25) is 0 Å². The number of amides is 1. The Bertz CT molecular complexity index is 594. The molecule has 0 aliphatic heterocycles. The van der Waals surface area contributed by atoms with Crippen molar-refractivity contribution in [2.45, 2.75) is 6.54 Å². The molecule has 2 aromatic rings. The highest BCUT2D eigenvalue weighted by Gasteiger charge is 2.12. The highest BCUT2D eigenvalue weighted by Crippen LogP contribution is 2.17. The second-order valence-corrected chi connectivity index (χ2v) is 3.99. The Labute approximate surface area is 110 Å². The molecule has 0 aliphatic rings. The number of carbonyl (C=O) groups is 1. The largest absolute Gasteiger partial charge is 0.354 e. The summed E-state index contributed by atoms with van der Waals surface area (Å²) in [6, 6.07) is 6.37. The molecule has 0 saturated heterocycles. The summed E-state index contributed by atoms with van der Waals surface area (Å²) in [5, 5.41) is 9.56. The highest BCUT2D eigenvalue weighted by atomic mass is 19.1. The molecule has 0 bridgehead atoms. The van der Waals surface area contributed by atoms with Gasteiger partial charge in [-0.15, -0.1) is 0 Å². The summed E-state index contributed by atoms with van der Waals surface area (Å²) >= 11 is 0. The van der Waals surface area contributed by atoms with Crippen LogP contribution in [0.15, 0.2) is 30.5 Å². The molecule has 1 aromatic heterocycles. The van der Waals surface area contributed by atoms with E-state index in [0.717, 1.165) is 0 Å². The second kappa shape index (κ2) is 5.62. The number of hydrogen-bond donors (Lipinski definition) is 2. The summed E-state index contributed by atoms with van der Waals surface area (Å²) in [6.45, 7) is 0.386. The van der Waals surface area contributed by atoms with Crippen LogP contribution < -0.4 is 10.6 Å². The van der Waals surface area contributed by atoms with Crippen molar-refractivity contribution in [3.05, 3.63) is 47.5 Å². The van der Waals surface area contributed by atoms with E-state index in [1.807, 2.05) is 0 Å². The zero-order chi connectivity index (χ0) is 13.8. The van der Waals surface area contributed by atoms with Gasteiger partial charge in [0.25, 0.3) is 5.91 Å². The maximum Gasteiger partial charge on any atom is 0.271 e. The highest BCUT2D eigenvalue weighted by molar-refractivity contribution is 5.91. The fourth-order valence-electron chi connectivity index (χ4n) is 1.82. The molecule has 0 saturated carbocycles. The Morgan fingerprint density at radius 3 is 2.84 bits per heavy atom. The minimum absolute atomic E-state index is 0.273. The van der Waals surface area contributed by atoms with Gasteiger partial charge in [-0.25, -0.2) is 9.07 Å². The van der Waals surface area contributed by atoms with Crippen LogP contribution in [0.4, 0.5) is 4.39 Å². The molecule has 100 valence electrons. The van der Waals surface area contributed by atoms with Crippen LogP contribution in [-0.4, -0.2) is 29.8 Å². The number of nitrogens with one attached hydrogen (secondary N) is 2. The third-order valence-electron chi connectivity index (χ3n) is 2.74. The van der Waals surface area contributed by atoms with E-state index in [1.165, 1.54) is 17.8 Å². The van der Waals surface area contributed by atoms with Gasteiger partial charge in [-0.1, -0.05) is 6.07 Å². The number of hydrogen-bond acceptors (Lipinski definition) is 3. The quantitative estimate of drug-likeness (QED) is 0.867. The molecule has 0 radical (unpaired) electrons. The summed E-state index contributed by atoms with van der Waals surface area (Å²) in [4.78, 5) is 11.5. The minimum Gasteiger partial charge on any atom is -0.354 e. The first kappa shape index (κ1) is 13.2.